The summed E-state index contributed by atoms with van der Waals surface area (Å²) in [6.45, 7) is 2.07. The van der Waals surface area contributed by atoms with Crippen molar-refractivity contribution in [2.45, 2.75) is 17.8 Å². The molecular weight excluding hydrogens is 332 g/mol. The summed E-state index contributed by atoms with van der Waals surface area (Å²) in [4.78, 5) is 14.7. The Morgan fingerprint density at radius 2 is 1.80 bits per heavy atom. The third-order valence-electron chi connectivity index (χ3n) is 3.94. The fraction of sp³-hybridized carbons (Fsp3) is 0.105. The van der Waals surface area contributed by atoms with Crippen molar-refractivity contribution in [3.63, 3.8) is 0 Å². The van der Waals surface area contributed by atoms with Gasteiger partial charge in [0.2, 0.25) is 5.78 Å². The Morgan fingerprint density at radius 3 is 2.56 bits per heavy atom. The van der Waals surface area contributed by atoms with Gasteiger partial charge in [0.1, 0.15) is 0 Å². The fourth-order valence-electron chi connectivity index (χ4n) is 2.65. The first-order valence-electron chi connectivity index (χ1n) is 7.93. The number of aryl methyl sites for hydroxylation is 1. The maximum atomic E-state index is 12.0. The molecule has 4 rings (SSSR count). The molecule has 0 aliphatic rings. The van der Waals surface area contributed by atoms with E-state index in [0.29, 0.717) is 5.78 Å². The molecule has 0 fully saturated rings. The van der Waals surface area contributed by atoms with E-state index in [0.717, 1.165) is 22.2 Å². The largest absolute Gasteiger partial charge is 0.291 e. The Kier molecular flexibility index (Phi) is 4.11. The Morgan fingerprint density at radius 1 is 1.04 bits per heavy atom. The van der Waals surface area contributed by atoms with Gasteiger partial charge in [0.25, 0.3) is 5.56 Å². The molecule has 0 aliphatic heterocycles. The fourth-order valence-corrected chi connectivity index (χ4v) is 3.55. The second-order valence-electron chi connectivity index (χ2n) is 5.80. The van der Waals surface area contributed by atoms with Gasteiger partial charge >= 0.3 is 0 Å². The topological polar surface area (TPSA) is 63.0 Å². The number of rotatable bonds is 4. The molecule has 1 N–H and O–H groups in total. The van der Waals surface area contributed by atoms with E-state index < -0.39 is 0 Å². The summed E-state index contributed by atoms with van der Waals surface area (Å²) in [6, 6.07) is 19.8. The van der Waals surface area contributed by atoms with Gasteiger partial charge in [0, 0.05) is 11.8 Å². The van der Waals surface area contributed by atoms with Crippen LogP contribution in [-0.2, 0) is 5.75 Å². The number of hydrogen-bond acceptors (Lipinski definition) is 4. The Balaban J connectivity index is 1.75. The Bertz CT molecular complexity index is 1070. The highest BCUT2D eigenvalue weighted by Gasteiger charge is 2.13. The number of benzene rings is 2. The molecule has 2 heterocycles. The zero-order valence-corrected chi connectivity index (χ0v) is 14.5. The normalized spacial score (nSPS) is 11.1. The molecule has 6 heteroatoms. The SMILES string of the molecule is Cc1ccc(CSc2nnc3[nH]c(=O)cc(-c4ccccc4)n23)cc1. The summed E-state index contributed by atoms with van der Waals surface area (Å²) in [5.41, 5.74) is 4.02. The van der Waals surface area contributed by atoms with Gasteiger partial charge in [0.05, 0.1) is 5.69 Å². The predicted octanol–water partition coefficient (Wildman–Crippen LogP) is 3.69. The van der Waals surface area contributed by atoms with Crippen molar-refractivity contribution in [3.8, 4) is 11.3 Å². The van der Waals surface area contributed by atoms with Crippen molar-refractivity contribution < 1.29 is 0 Å². The van der Waals surface area contributed by atoms with Gasteiger partial charge in [-0.3, -0.25) is 14.2 Å². The van der Waals surface area contributed by atoms with Crippen LogP contribution in [0.3, 0.4) is 0 Å². The Hall–Kier alpha value is -2.86. The van der Waals surface area contributed by atoms with Crippen LogP contribution in [0.15, 0.2) is 70.6 Å². The third kappa shape index (κ3) is 3.21. The number of aromatic nitrogens is 4. The molecule has 0 unspecified atom stereocenters. The minimum absolute atomic E-state index is 0.186. The van der Waals surface area contributed by atoms with E-state index in [2.05, 4.69) is 46.4 Å². The number of fused-ring (bicyclic) bond motifs is 1. The predicted molar refractivity (Wildman–Crippen MR) is 99.8 cm³/mol. The maximum Gasteiger partial charge on any atom is 0.252 e. The van der Waals surface area contributed by atoms with E-state index in [1.54, 1.807) is 17.8 Å². The quantitative estimate of drug-likeness (QED) is 0.571. The summed E-state index contributed by atoms with van der Waals surface area (Å²) in [7, 11) is 0. The highest BCUT2D eigenvalue weighted by molar-refractivity contribution is 7.98. The molecule has 5 nitrogen and oxygen atoms in total. The molecule has 0 aliphatic carbocycles. The number of nitrogens with one attached hydrogen (secondary N) is 1. The molecule has 0 amide bonds. The van der Waals surface area contributed by atoms with Crippen LogP contribution in [0, 0.1) is 6.92 Å². The van der Waals surface area contributed by atoms with Crippen LogP contribution in [0.25, 0.3) is 17.0 Å². The highest BCUT2D eigenvalue weighted by Crippen LogP contribution is 2.26. The number of hydrogen-bond donors (Lipinski definition) is 1. The molecule has 4 aromatic rings. The molecule has 25 heavy (non-hydrogen) atoms. The van der Waals surface area contributed by atoms with Gasteiger partial charge < -0.3 is 0 Å². The standard InChI is InChI=1S/C19H16N4OS/c1-13-7-9-14(10-8-13)12-25-19-22-21-18-20-17(24)11-16(23(18)19)15-5-3-2-4-6-15/h2-11H,12H2,1H3,(H,20,21,24). The number of H-pyrrole nitrogens is 1. The van der Waals surface area contributed by atoms with Gasteiger partial charge in [-0.25, -0.2) is 0 Å². The smallest absolute Gasteiger partial charge is 0.252 e. The summed E-state index contributed by atoms with van der Waals surface area (Å²) < 4.78 is 1.90. The van der Waals surface area contributed by atoms with Crippen molar-refractivity contribution in [3.05, 3.63) is 82.1 Å². The van der Waals surface area contributed by atoms with Gasteiger partial charge in [-0.2, -0.15) is 0 Å². The van der Waals surface area contributed by atoms with E-state index in [9.17, 15) is 4.79 Å². The van der Waals surface area contributed by atoms with Crippen molar-refractivity contribution in [2.75, 3.05) is 0 Å². The van der Waals surface area contributed by atoms with Gasteiger partial charge in [-0.1, -0.05) is 71.9 Å². The van der Waals surface area contributed by atoms with E-state index in [-0.39, 0.29) is 5.56 Å². The third-order valence-corrected chi connectivity index (χ3v) is 4.94. The average Bonchev–Trinajstić information content (AvgIpc) is 3.04. The maximum absolute atomic E-state index is 12.0. The molecule has 2 aromatic heterocycles. The van der Waals surface area contributed by atoms with Gasteiger partial charge in [-0.05, 0) is 18.1 Å². The first-order chi connectivity index (χ1) is 12.2. The van der Waals surface area contributed by atoms with Crippen LogP contribution in [0.1, 0.15) is 11.1 Å². The lowest BCUT2D eigenvalue weighted by Crippen LogP contribution is -2.09. The molecule has 0 saturated carbocycles. The van der Waals surface area contributed by atoms with E-state index >= 15 is 0 Å². The van der Waals surface area contributed by atoms with E-state index in [1.165, 1.54) is 11.1 Å². The molecule has 0 saturated heterocycles. The van der Waals surface area contributed by atoms with E-state index in [4.69, 9.17) is 0 Å². The Labute approximate surface area is 148 Å². The molecule has 0 spiro atoms. The van der Waals surface area contributed by atoms with Crippen molar-refractivity contribution in [2.24, 2.45) is 0 Å². The average molecular weight is 348 g/mol. The second-order valence-corrected chi connectivity index (χ2v) is 6.74. The zero-order chi connectivity index (χ0) is 17.2. The number of thioether (sulfide) groups is 1. The second kappa shape index (κ2) is 6.57. The lowest BCUT2D eigenvalue weighted by molar-refractivity contribution is 0.921. The highest BCUT2D eigenvalue weighted by atomic mass is 32.2. The summed E-state index contributed by atoms with van der Waals surface area (Å²) in [5, 5.41) is 9.14. The van der Waals surface area contributed by atoms with Crippen molar-refractivity contribution in [1.82, 2.24) is 19.6 Å². The summed E-state index contributed by atoms with van der Waals surface area (Å²) in [6.07, 6.45) is 0. The molecule has 0 bridgehead atoms. The first kappa shape index (κ1) is 15.7. The van der Waals surface area contributed by atoms with Crippen LogP contribution in [0.5, 0.6) is 0 Å². The van der Waals surface area contributed by atoms with Crippen LogP contribution >= 0.6 is 11.8 Å². The van der Waals surface area contributed by atoms with Crippen LogP contribution < -0.4 is 5.56 Å². The monoisotopic (exact) mass is 348 g/mol. The van der Waals surface area contributed by atoms with Gasteiger partial charge in [-0.15, -0.1) is 10.2 Å². The van der Waals surface area contributed by atoms with Gasteiger partial charge in [0.15, 0.2) is 5.16 Å². The lowest BCUT2D eigenvalue weighted by Gasteiger charge is -2.07. The summed E-state index contributed by atoms with van der Waals surface area (Å²) in [5.74, 6) is 1.24. The molecular formula is C19H16N4OS. The molecule has 2 aromatic carbocycles. The molecule has 124 valence electrons. The molecule has 0 radical (unpaired) electrons. The zero-order valence-electron chi connectivity index (χ0n) is 13.6. The minimum Gasteiger partial charge on any atom is -0.291 e. The van der Waals surface area contributed by atoms with E-state index in [1.807, 2.05) is 34.7 Å². The number of nitrogens with zero attached hydrogens (tertiary/aromatic N) is 3. The van der Waals surface area contributed by atoms with Crippen LogP contribution in [0.4, 0.5) is 0 Å². The minimum atomic E-state index is -0.186. The van der Waals surface area contributed by atoms with Crippen LogP contribution in [-0.4, -0.2) is 19.6 Å². The molecule has 0 atom stereocenters. The van der Waals surface area contributed by atoms with Crippen LogP contribution in [0.2, 0.25) is 0 Å². The lowest BCUT2D eigenvalue weighted by atomic mass is 10.1. The summed E-state index contributed by atoms with van der Waals surface area (Å²) >= 11 is 1.60. The van der Waals surface area contributed by atoms with Crippen molar-refractivity contribution in [1.29, 1.82) is 0 Å². The number of aromatic amines is 1. The first-order valence-corrected chi connectivity index (χ1v) is 8.91. The van der Waals surface area contributed by atoms with Crippen molar-refractivity contribution >= 4 is 17.5 Å².